The highest BCUT2D eigenvalue weighted by Crippen LogP contribution is 2.28. The van der Waals surface area contributed by atoms with Crippen molar-refractivity contribution in [3.05, 3.63) is 122 Å². The van der Waals surface area contributed by atoms with Crippen LogP contribution in [-0.4, -0.2) is 12.9 Å². The second-order valence-electron chi connectivity index (χ2n) is 7.56. The van der Waals surface area contributed by atoms with Gasteiger partial charge in [0.15, 0.2) is 5.78 Å². The lowest BCUT2D eigenvalue weighted by Crippen LogP contribution is -2.00. The number of benzene rings is 3. The third kappa shape index (κ3) is 6.13. The standard InChI is InChI=1S/C28H22ClFO3S/c1-32-26-12-8-20(15-21(26)18-33-27-13-9-22(30)17-24(27)29)7-11-25(31)28-14-10-23(34-28)16-19-5-3-2-4-6-19/h2-15,17H,16,18H2,1H3/b11-7+. The Morgan fingerprint density at radius 2 is 1.79 bits per heavy atom. The number of thiophene rings is 1. The van der Waals surface area contributed by atoms with Crippen LogP contribution in [0.4, 0.5) is 4.39 Å². The molecule has 0 atom stereocenters. The first kappa shape index (κ1) is 23.7. The van der Waals surface area contributed by atoms with E-state index in [1.807, 2.05) is 48.5 Å². The lowest BCUT2D eigenvalue weighted by Gasteiger charge is -2.12. The van der Waals surface area contributed by atoms with Crippen LogP contribution in [0.25, 0.3) is 6.08 Å². The monoisotopic (exact) mass is 492 g/mol. The zero-order valence-electron chi connectivity index (χ0n) is 18.5. The van der Waals surface area contributed by atoms with Crippen molar-refractivity contribution >= 4 is 34.8 Å². The molecule has 172 valence electrons. The summed E-state index contributed by atoms with van der Waals surface area (Å²) in [5, 5.41) is 0.197. The van der Waals surface area contributed by atoms with Crippen molar-refractivity contribution < 1.29 is 18.7 Å². The summed E-state index contributed by atoms with van der Waals surface area (Å²) >= 11 is 7.55. The maximum atomic E-state index is 13.3. The Kier molecular flexibility index (Phi) is 7.78. The van der Waals surface area contributed by atoms with Gasteiger partial charge in [-0.05, 0) is 59.7 Å². The molecule has 4 rings (SSSR count). The number of hydrogen-bond donors (Lipinski definition) is 0. The quantitative estimate of drug-likeness (QED) is 0.178. The lowest BCUT2D eigenvalue weighted by molar-refractivity contribution is 0.105. The van der Waals surface area contributed by atoms with Crippen LogP contribution < -0.4 is 9.47 Å². The summed E-state index contributed by atoms with van der Waals surface area (Å²) in [5.74, 6) is 0.552. The van der Waals surface area contributed by atoms with Gasteiger partial charge in [0.2, 0.25) is 0 Å². The third-order valence-corrected chi connectivity index (χ3v) is 6.53. The highest BCUT2D eigenvalue weighted by Gasteiger charge is 2.10. The minimum absolute atomic E-state index is 0.0453. The molecule has 34 heavy (non-hydrogen) atoms. The summed E-state index contributed by atoms with van der Waals surface area (Å²) < 4.78 is 24.4. The Morgan fingerprint density at radius 1 is 1.00 bits per heavy atom. The van der Waals surface area contributed by atoms with Gasteiger partial charge in [-0.3, -0.25) is 4.79 Å². The summed E-state index contributed by atoms with van der Waals surface area (Å²) in [6, 6.07) is 23.6. The molecule has 0 aliphatic carbocycles. The molecule has 0 radical (unpaired) electrons. The van der Waals surface area contributed by atoms with Gasteiger partial charge in [-0.15, -0.1) is 11.3 Å². The van der Waals surface area contributed by atoms with Crippen molar-refractivity contribution in [2.24, 2.45) is 0 Å². The van der Waals surface area contributed by atoms with E-state index in [9.17, 15) is 9.18 Å². The molecule has 0 N–H and O–H groups in total. The van der Waals surface area contributed by atoms with Crippen molar-refractivity contribution in [1.82, 2.24) is 0 Å². The van der Waals surface area contributed by atoms with Crippen LogP contribution in [0.3, 0.4) is 0 Å². The van der Waals surface area contributed by atoms with E-state index in [2.05, 4.69) is 12.1 Å². The SMILES string of the molecule is COc1ccc(/C=C/C(=O)c2ccc(Cc3ccccc3)s2)cc1COc1ccc(F)cc1Cl. The van der Waals surface area contributed by atoms with E-state index < -0.39 is 5.82 Å². The molecule has 1 aromatic heterocycles. The molecule has 0 spiro atoms. The normalized spacial score (nSPS) is 11.0. The van der Waals surface area contributed by atoms with Gasteiger partial charge in [0.1, 0.15) is 23.9 Å². The Morgan fingerprint density at radius 3 is 2.56 bits per heavy atom. The maximum absolute atomic E-state index is 13.3. The highest BCUT2D eigenvalue weighted by molar-refractivity contribution is 7.14. The molecule has 4 aromatic rings. The summed E-state index contributed by atoms with van der Waals surface area (Å²) in [6.45, 7) is 0.178. The molecule has 3 nitrogen and oxygen atoms in total. The van der Waals surface area contributed by atoms with Gasteiger partial charge in [0.25, 0.3) is 0 Å². The number of ketones is 1. The highest BCUT2D eigenvalue weighted by atomic mass is 35.5. The van der Waals surface area contributed by atoms with E-state index in [0.717, 1.165) is 22.4 Å². The molecule has 1 heterocycles. The smallest absolute Gasteiger partial charge is 0.195 e. The van der Waals surface area contributed by atoms with Gasteiger partial charge >= 0.3 is 0 Å². The fraction of sp³-hybridized carbons (Fsp3) is 0.107. The third-order valence-electron chi connectivity index (χ3n) is 5.13. The van der Waals surface area contributed by atoms with Crippen LogP contribution in [0.2, 0.25) is 5.02 Å². The number of methoxy groups -OCH3 is 1. The number of rotatable bonds is 9. The maximum Gasteiger partial charge on any atom is 0.195 e. The zero-order valence-corrected chi connectivity index (χ0v) is 20.0. The fourth-order valence-electron chi connectivity index (χ4n) is 3.42. The Balaban J connectivity index is 1.44. The van der Waals surface area contributed by atoms with E-state index in [1.165, 1.54) is 35.1 Å². The van der Waals surface area contributed by atoms with Gasteiger partial charge in [0, 0.05) is 16.9 Å². The minimum Gasteiger partial charge on any atom is -0.496 e. The first-order valence-corrected chi connectivity index (χ1v) is 11.8. The van der Waals surface area contributed by atoms with Crippen molar-refractivity contribution in [3.8, 4) is 11.5 Å². The van der Waals surface area contributed by atoms with Gasteiger partial charge < -0.3 is 9.47 Å². The van der Waals surface area contributed by atoms with Crippen molar-refractivity contribution in [2.75, 3.05) is 7.11 Å². The first-order chi connectivity index (χ1) is 16.5. The van der Waals surface area contributed by atoms with Crippen LogP contribution in [0.5, 0.6) is 11.5 Å². The molecule has 0 aliphatic rings. The largest absolute Gasteiger partial charge is 0.496 e. The summed E-state index contributed by atoms with van der Waals surface area (Å²) in [4.78, 5) is 14.5. The number of ether oxygens (including phenoxy) is 2. The molecule has 0 fully saturated rings. The van der Waals surface area contributed by atoms with Crippen molar-refractivity contribution in [3.63, 3.8) is 0 Å². The van der Waals surface area contributed by atoms with Gasteiger partial charge in [-0.25, -0.2) is 4.39 Å². The number of carbonyl (C=O) groups is 1. The molecule has 3 aromatic carbocycles. The predicted molar refractivity (Wildman–Crippen MR) is 136 cm³/mol. The number of allylic oxidation sites excluding steroid dienone is 1. The summed E-state index contributed by atoms with van der Waals surface area (Å²) in [7, 11) is 1.58. The van der Waals surface area contributed by atoms with Crippen LogP contribution in [0.1, 0.15) is 31.2 Å². The first-order valence-electron chi connectivity index (χ1n) is 10.6. The molecular weight excluding hydrogens is 471 g/mol. The average Bonchev–Trinajstić information content (AvgIpc) is 3.31. The van der Waals surface area contributed by atoms with Crippen LogP contribution in [0.15, 0.2) is 84.9 Å². The zero-order chi connectivity index (χ0) is 23.9. The molecule has 0 saturated heterocycles. The fourth-order valence-corrected chi connectivity index (χ4v) is 4.60. The molecular formula is C28H22ClFO3S. The summed E-state index contributed by atoms with van der Waals surface area (Å²) in [5.41, 5.74) is 2.83. The van der Waals surface area contributed by atoms with E-state index >= 15 is 0 Å². The van der Waals surface area contributed by atoms with Gasteiger partial charge in [0.05, 0.1) is 17.0 Å². The predicted octanol–water partition coefficient (Wildman–Crippen LogP) is 7.62. The lowest BCUT2D eigenvalue weighted by atomic mass is 10.1. The van der Waals surface area contributed by atoms with Crippen molar-refractivity contribution in [1.29, 1.82) is 0 Å². The number of carbonyl (C=O) groups excluding carboxylic acids is 1. The second-order valence-corrected chi connectivity index (χ2v) is 9.14. The Bertz CT molecular complexity index is 1310. The molecule has 0 bridgehead atoms. The van der Waals surface area contributed by atoms with E-state index in [-0.39, 0.29) is 17.4 Å². The van der Waals surface area contributed by atoms with Crippen LogP contribution in [0, 0.1) is 5.82 Å². The van der Waals surface area contributed by atoms with E-state index in [4.69, 9.17) is 21.1 Å². The number of halogens is 2. The van der Waals surface area contributed by atoms with E-state index in [1.54, 1.807) is 19.3 Å². The van der Waals surface area contributed by atoms with Crippen LogP contribution >= 0.6 is 22.9 Å². The van der Waals surface area contributed by atoms with Gasteiger partial charge in [-0.1, -0.05) is 54.1 Å². The van der Waals surface area contributed by atoms with Crippen molar-refractivity contribution in [2.45, 2.75) is 13.0 Å². The molecule has 0 aliphatic heterocycles. The second kappa shape index (κ2) is 11.1. The molecule has 6 heteroatoms. The topological polar surface area (TPSA) is 35.5 Å². The van der Waals surface area contributed by atoms with Crippen LogP contribution in [-0.2, 0) is 13.0 Å². The van der Waals surface area contributed by atoms with E-state index in [0.29, 0.717) is 16.4 Å². The Hall–Kier alpha value is -3.41. The molecule has 0 unspecified atom stereocenters. The average molecular weight is 493 g/mol. The minimum atomic E-state index is -0.426. The summed E-state index contributed by atoms with van der Waals surface area (Å²) in [6.07, 6.45) is 4.15. The molecule has 0 saturated carbocycles. The number of hydrogen-bond acceptors (Lipinski definition) is 4. The van der Waals surface area contributed by atoms with Gasteiger partial charge in [-0.2, -0.15) is 0 Å². The Labute approximate surface area is 207 Å². The molecule has 0 amide bonds.